The Morgan fingerprint density at radius 3 is 2.47 bits per heavy atom. The highest BCUT2D eigenvalue weighted by Gasteiger charge is 2.19. The highest BCUT2D eigenvalue weighted by atomic mass is 16.6. The molecule has 7 nitrogen and oxygen atoms in total. The molecule has 0 fully saturated rings. The third-order valence-corrected chi connectivity index (χ3v) is 2.67. The summed E-state index contributed by atoms with van der Waals surface area (Å²) in [5, 5.41) is 41.5. The van der Waals surface area contributed by atoms with Gasteiger partial charge < -0.3 is 20.6 Å². The lowest BCUT2D eigenvalue weighted by Gasteiger charge is -2.21. The van der Waals surface area contributed by atoms with E-state index in [2.05, 4.69) is 5.32 Å². The molecule has 0 spiro atoms. The smallest absolute Gasteiger partial charge is 0.269 e. The van der Waals surface area contributed by atoms with Gasteiger partial charge in [-0.15, -0.1) is 0 Å². The monoisotopic (exact) mass is 270 g/mol. The first kappa shape index (κ1) is 15.5. The summed E-state index contributed by atoms with van der Waals surface area (Å²) < 4.78 is 0. The largest absolute Gasteiger partial charge is 0.393 e. The maximum Gasteiger partial charge on any atom is 0.269 e. The van der Waals surface area contributed by atoms with Gasteiger partial charge >= 0.3 is 0 Å². The molecule has 0 aliphatic heterocycles. The molecule has 0 aliphatic carbocycles. The second-order valence-electron chi connectivity index (χ2n) is 4.65. The van der Waals surface area contributed by atoms with Crippen molar-refractivity contribution < 1.29 is 20.2 Å². The summed E-state index contributed by atoms with van der Waals surface area (Å²) in [6.45, 7) is 1.40. The lowest BCUT2D eigenvalue weighted by atomic mass is 10.1. The second-order valence-corrected chi connectivity index (χ2v) is 4.65. The number of hydrogen-bond donors (Lipinski definition) is 4. The minimum atomic E-state index is -1.24. The van der Waals surface area contributed by atoms with Crippen molar-refractivity contribution in [3.05, 3.63) is 39.9 Å². The van der Waals surface area contributed by atoms with E-state index in [0.717, 1.165) is 0 Å². The fourth-order valence-corrected chi connectivity index (χ4v) is 1.47. The van der Waals surface area contributed by atoms with Gasteiger partial charge in [-0.25, -0.2) is 0 Å². The zero-order valence-corrected chi connectivity index (χ0v) is 10.6. The molecule has 0 heterocycles. The standard InChI is InChI=1S/C12H18N2O5/c1-12(17,8-15)7-13-6-11(16)9-2-4-10(5-3-9)14(18)19/h2-5,11,13,15-17H,6-8H2,1H3. The van der Waals surface area contributed by atoms with Crippen LogP contribution in [0.4, 0.5) is 5.69 Å². The fourth-order valence-electron chi connectivity index (χ4n) is 1.47. The van der Waals surface area contributed by atoms with E-state index in [9.17, 15) is 20.3 Å². The molecule has 0 saturated heterocycles. The fraction of sp³-hybridized carbons (Fsp3) is 0.500. The van der Waals surface area contributed by atoms with Gasteiger partial charge in [-0.2, -0.15) is 0 Å². The lowest BCUT2D eigenvalue weighted by molar-refractivity contribution is -0.384. The van der Waals surface area contributed by atoms with Crippen LogP contribution < -0.4 is 5.32 Å². The Kier molecular flexibility index (Phi) is 5.37. The first-order valence-corrected chi connectivity index (χ1v) is 5.82. The summed E-state index contributed by atoms with van der Waals surface area (Å²) in [7, 11) is 0. The van der Waals surface area contributed by atoms with Crippen LogP contribution >= 0.6 is 0 Å². The van der Waals surface area contributed by atoms with Crippen LogP contribution in [0.15, 0.2) is 24.3 Å². The van der Waals surface area contributed by atoms with Crippen molar-refractivity contribution >= 4 is 5.69 Å². The van der Waals surface area contributed by atoms with Crippen molar-refractivity contribution in [2.24, 2.45) is 0 Å². The van der Waals surface area contributed by atoms with Gasteiger partial charge in [0.1, 0.15) is 0 Å². The number of benzene rings is 1. The number of nitro benzene ring substituents is 1. The Morgan fingerprint density at radius 1 is 1.42 bits per heavy atom. The van der Waals surface area contributed by atoms with E-state index < -0.39 is 16.6 Å². The molecule has 1 aromatic rings. The maximum absolute atomic E-state index is 10.5. The van der Waals surface area contributed by atoms with Gasteiger partial charge in [0.15, 0.2) is 0 Å². The summed E-state index contributed by atoms with van der Waals surface area (Å²) >= 11 is 0. The van der Waals surface area contributed by atoms with Crippen LogP contribution in [0.25, 0.3) is 0 Å². The number of nitrogens with zero attached hydrogens (tertiary/aromatic N) is 1. The summed E-state index contributed by atoms with van der Waals surface area (Å²) in [4.78, 5) is 9.97. The maximum atomic E-state index is 10.5. The zero-order valence-electron chi connectivity index (χ0n) is 10.6. The molecule has 2 atom stereocenters. The molecule has 0 bridgehead atoms. The number of aliphatic hydroxyl groups is 3. The predicted molar refractivity (Wildman–Crippen MR) is 68.6 cm³/mol. The van der Waals surface area contributed by atoms with Gasteiger partial charge in [0, 0.05) is 25.2 Å². The average molecular weight is 270 g/mol. The van der Waals surface area contributed by atoms with E-state index >= 15 is 0 Å². The third-order valence-electron chi connectivity index (χ3n) is 2.67. The minimum absolute atomic E-state index is 0.0351. The molecular formula is C12H18N2O5. The Bertz CT molecular complexity index is 419. The highest BCUT2D eigenvalue weighted by Crippen LogP contribution is 2.17. The SMILES string of the molecule is CC(O)(CO)CNCC(O)c1ccc([N+](=O)[O-])cc1. The molecule has 1 aromatic carbocycles. The number of hydrogen-bond acceptors (Lipinski definition) is 6. The van der Waals surface area contributed by atoms with E-state index in [1.807, 2.05) is 0 Å². The van der Waals surface area contributed by atoms with E-state index in [1.165, 1.54) is 31.2 Å². The number of nitrogens with one attached hydrogen (secondary N) is 1. The molecule has 0 saturated carbocycles. The van der Waals surface area contributed by atoms with E-state index in [0.29, 0.717) is 5.56 Å². The zero-order chi connectivity index (χ0) is 14.5. The normalized spacial score (nSPS) is 15.8. The summed E-state index contributed by atoms with van der Waals surface area (Å²) in [6, 6.07) is 5.61. The van der Waals surface area contributed by atoms with E-state index in [1.54, 1.807) is 0 Å². The van der Waals surface area contributed by atoms with Crippen molar-refractivity contribution in [1.29, 1.82) is 0 Å². The topological polar surface area (TPSA) is 116 Å². The summed E-state index contributed by atoms with van der Waals surface area (Å²) in [6.07, 6.45) is -0.838. The first-order chi connectivity index (χ1) is 8.85. The molecular weight excluding hydrogens is 252 g/mol. The van der Waals surface area contributed by atoms with Gasteiger partial charge in [0.05, 0.1) is 23.2 Å². The Labute approximate surface area is 110 Å². The molecule has 106 valence electrons. The average Bonchev–Trinajstić information content (AvgIpc) is 2.38. The van der Waals surface area contributed by atoms with Crippen LogP contribution in [-0.2, 0) is 0 Å². The van der Waals surface area contributed by atoms with E-state index in [-0.39, 0.29) is 25.4 Å². The number of non-ortho nitro benzene ring substituents is 1. The molecule has 0 aliphatic rings. The second kappa shape index (κ2) is 6.58. The Hall–Kier alpha value is -1.54. The van der Waals surface area contributed by atoms with Crippen molar-refractivity contribution in [1.82, 2.24) is 5.32 Å². The molecule has 19 heavy (non-hydrogen) atoms. The number of nitro groups is 1. The van der Waals surface area contributed by atoms with Crippen molar-refractivity contribution in [2.45, 2.75) is 18.6 Å². The lowest BCUT2D eigenvalue weighted by Crippen LogP contribution is -2.42. The summed E-state index contributed by atoms with van der Waals surface area (Å²) in [5.74, 6) is 0. The molecule has 7 heteroatoms. The third kappa shape index (κ3) is 4.92. The summed E-state index contributed by atoms with van der Waals surface area (Å²) in [5.41, 5.74) is -0.733. The Balaban J connectivity index is 2.49. The molecule has 0 amide bonds. The molecule has 0 radical (unpaired) electrons. The van der Waals surface area contributed by atoms with Crippen LogP contribution in [0.2, 0.25) is 0 Å². The van der Waals surface area contributed by atoms with Crippen molar-refractivity contribution in [2.75, 3.05) is 19.7 Å². The van der Waals surface area contributed by atoms with Gasteiger partial charge in [-0.05, 0) is 24.6 Å². The first-order valence-electron chi connectivity index (χ1n) is 5.82. The molecule has 0 aromatic heterocycles. The van der Waals surface area contributed by atoms with Crippen LogP contribution in [0.1, 0.15) is 18.6 Å². The quantitative estimate of drug-likeness (QED) is 0.408. The van der Waals surface area contributed by atoms with Gasteiger partial charge in [0.25, 0.3) is 5.69 Å². The van der Waals surface area contributed by atoms with Crippen LogP contribution in [0, 0.1) is 10.1 Å². The highest BCUT2D eigenvalue weighted by molar-refractivity contribution is 5.33. The van der Waals surface area contributed by atoms with E-state index in [4.69, 9.17) is 5.11 Å². The van der Waals surface area contributed by atoms with Gasteiger partial charge in [0.2, 0.25) is 0 Å². The molecule has 1 rings (SSSR count). The predicted octanol–water partition coefficient (Wildman–Crippen LogP) is -0.0389. The van der Waals surface area contributed by atoms with Crippen LogP contribution in [0.3, 0.4) is 0 Å². The van der Waals surface area contributed by atoms with Crippen molar-refractivity contribution in [3.63, 3.8) is 0 Å². The van der Waals surface area contributed by atoms with Crippen LogP contribution in [-0.4, -0.2) is 45.5 Å². The van der Waals surface area contributed by atoms with Crippen molar-refractivity contribution in [3.8, 4) is 0 Å². The van der Waals surface area contributed by atoms with Gasteiger partial charge in [-0.3, -0.25) is 10.1 Å². The van der Waals surface area contributed by atoms with Gasteiger partial charge in [-0.1, -0.05) is 0 Å². The van der Waals surface area contributed by atoms with Crippen LogP contribution in [0.5, 0.6) is 0 Å². The molecule has 4 N–H and O–H groups in total. The molecule has 2 unspecified atom stereocenters. The minimum Gasteiger partial charge on any atom is -0.393 e. The Morgan fingerprint density at radius 2 is 2.00 bits per heavy atom. The number of rotatable bonds is 7. The number of aliphatic hydroxyl groups excluding tert-OH is 2.